The zero-order chi connectivity index (χ0) is 12.5. The van der Waals surface area contributed by atoms with Crippen LogP contribution in [-0.4, -0.2) is 0 Å². The highest BCUT2D eigenvalue weighted by Gasteiger charge is 2.37. The molecule has 0 heteroatoms. The van der Waals surface area contributed by atoms with Gasteiger partial charge in [-0.25, -0.2) is 0 Å². The zero-order valence-corrected chi connectivity index (χ0v) is 11.5. The average molecular weight is 230 g/mol. The molecule has 3 unspecified atom stereocenters. The molecular weight excluding hydrogens is 204 g/mol. The summed E-state index contributed by atoms with van der Waals surface area (Å²) in [7, 11) is 0. The molecule has 17 heavy (non-hydrogen) atoms. The van der Waals surface area contributed by atoms with Gasteiger partial charge in [0.25, 0.3) is 0 Å². The molecule has 2 aliphatic rings. The van der Waals surface area contributed by atoms with Gasteiger partial charge in [0.15, 0.2) is 0 Å². The normalized spacial score (nSPS) is 47.0. The first-order valence-corrected chi connectivity index (χ1v) is 7.11. The van der Waals surface area contributed by atoms with Crippen LogP contribution in [-0.2, 0) is 0 Å². The molecule has 0 spiro atoms. The number of allylic oxidation sites excluding steroid dienone is 5. The van der Waals surface area contributed by atoms with Gasteiger partial charge in [-0.05, 0) is 48.3 Å². The summed E-state index contributed by atoms with van der Waals surface area (Å²) in [5, 5.41) is 0. The van der Waals surface area contributed by atoms with Crippen LogP contribution in [0.3, 0.4) is 0 Å². The summed E-state index contributed by atoms with van der Waals surface area (Å²) in [5.41, 5.74) is 0.340. The fraction of sp³-hybridized carbons (Fsp3) is 0.647. The first-order chi connectivity index (χ1) is 8.10. The Morgan fingerprint density at radius 3 is 2.71 bits per heavy atom. The van der Waals surface area contributed by atoms with E-state index in [1.165, 1.54) is 19.3 Å². The van der Waals surface area contributed by atoms with Crippen molar-refractivity contribution in [3.63, 3.8) is 0 Å². The molecule has 0 radical (unpaired) electrons. The van der Waals surface area contributed by atoms with Gasteiger partial charge in [0.1, 0.15) is 0 Å². The molecular formula is C17H26. The maximum absolute atomic E-state index is 4.05. The molecule has 0 nitrogen and oxygen atoms in total. The van der Waals surface area contributed by atoms with E-state index in [0.29, 0.717) is 17.3 Å². The Labute approximate surface area is 106 Å². The highest BCUT2D eigenvalue weighted by Crippen LogP contribution is 2.46. The smallest absolute Gasteiger partial charge is 0.00196 e. The summed E-state index contributed by atoms with van der Waals surface area (Å²) >= 11 is 0. The van der Waals surface area contributed by atoms with Crippen LogP contribution in [0.1, 0.15) is 40.0 Å². The lowest BCUT2D eigenvalue weighted by atomic mass is 9.65. The monoisotopic (exact) mass is 230 g/mol. The second-order valence-electron chi connectivity index (χ2n) is 6.12. The van der Waals surface area contributed by atoms with Crippen molar-refractivity contribution in [2.75, 3.05) is 0 Å². The lowest BCUT2D eigenvalue weighted by Crippen LogP contribution is -2.30. The maximum Gasteiger partial charge on any atom is -0.00196 e. The minimum Gasteiger partial charge on any atom is -0.102 e. The molecule has 2 aliphatic carbocycles. The Morgan fingerprint density at radius 2 is 2.06 bits per heavy atom. The van der Waals surface area contributed by atoms with Crippen LogP contribution in [0.25, 0.3) is 0 Å². The van der Waals surface area contributed by atoms with E-state index >= 15 is 0 Å². The Hall–Kier alpha value is -0.780. The highest BCUT2D eigenvalue weighted by atomic mass is 14.4. The molecule has 0 aromatic rings. The van der Waals surface area contributed by atoms with Crippen LogP contribution in [0.15, 0.2) is 37.0 Å². The van der Waals surface area contributed by atoms with Crippen molar-refractivity contribution in [3.8, 4) is 0 Å². The average Bonchev–Trinajstić information content (AvgIpc) is 2.54. The van der Waals surface area contributed by atoms with Crippen LogP contribution in [0.2, 0.25) is 0 Å². The van der Waals surface area contributed by atoms with Crippen LogP contribution in [0.5, 0.6) is 0 Å². The summed E-state index contributed by atoms with van der Waals surface area (Å²) < 4.78 is 0. The highest BCUT2D eigenvalue weighted by molar-refractivity contribution is 5.16. The van der Waals surface area contributed by atoms with E-state index in [4.69, 9.17) is 0 Å². The SMILES string of the molecule is C=CC1C=CC2CC[C@H]1[C@@](C)(CC)/C=C\C2C. The standard InChI is InChI=1S/C17H26/c1-5-14-7-8-15-9-10-16(14)17(4,6-2)12-11-13(15)3/h5,7-8,11-16H,1,6,9-10H2,2-4H3/b12-11-/t13?,14?,15?,16-,17+/m1/s1. The molecule has 0 amide bonds. The Bertz CT molecular complexity index is 336. The minimum atomic E-state index is 0.340. The molecule has 0 saturated carbocycles. The van der Waals surface area contributed by atoms with Gasteiger partial charge < -0.3 is 0 Å². The lowest BCUT2D eigenvalue weighted by Gasteiger charge is -2.39. The Morgan fingerprint density at radius 1 is 1.29 bits per heavy atom. The van der Waals surface area contributed by atoms with E-state index in [-0.39, 0.29) is 0 Å². The van der Waals surface area contributed by atoms with Crippen LogP contribution in [0, 0.1) is 29.1 Å². The van der Waals surface area contributed by atoms with E-state index in [9.17, 15) is 0 Å². The maximum atomic E-state index is 4.05. The first kappa shape index (κ1) is 12.7. The molecule has 0 saturated heterocycles. The van der Waals surface area contributed by atoms with E-state index in [1.54, 1.807) is 0 Å². The molecule has 0 fully saturated rings. The summed E-state index contributed by atoms with van der Waals surface area (Å²) in [5.74, 6) is 2.71. The van der Waals surface area contributed by atoms with Crippen LogP contribution >= 0.6 is 0 Å². The molecule has 0 aromatic carbocycles. The molecule has 0 heterocycles. The summed E-state index contributed by atoms with van der Waals surface area (Å²) in [6.45, 7) is 11.2. The largest absolute Gasteiger partial charge is 0.102 e. The van der Waals surface area contributed by atoms with Crippen molar-refractivity contribution in [3.05, 3.63) is 37.0 Å². The van der Waals surface area contributed by atoms with Gasteiger partial charge in [-0.2, -0.15) is 0 Å². The number of hydrogen-bond donors (Lipinski definition) is 0. The predicted molar refractivity (Wildman–Crippen MR) is 75.7 cm³/mol. The van der Waals surface area contributed by atoms with Gasteiger partial charge in [0.05, 0.1) is 0 Å². The van der Waals surface area contributed by atoms with Crippen LogP contribution < -0.4 is 0 Å². The van der Waals surface area contributed by atoms with Gasteiger partial charge in [-0.15, -0.1) is 6.58 Å². The van der Waals surface area contributed by atoms with Crippen LogP contribution in [0.4, 0.5) is 0 Å². The quantitative estimate of drug-likeness (QED) is 0.586. The summed E-state index contributed by atoms with van der Waals surface area (Å²) in [6, 6.07) is 0. The van der Waals surface area contributed by atoms with Gasteiger partial charge in [-0.3, -0.25) is 0 Å². The fourth-order valence-corrected chi connectivity index (χ4v) is 3.53. The van der Waals surface area contributed by atoms with E-state index in [1.807, 2.05) is 0 Å². The second kappa shape index (κ2) is 4.84. The topological polar surface area (TPSA) is 0 Å². The first-order valence-electron chi connectivity index (χ1n) is 7.11. The second-order valence-corrected chi connectivity index (χ2v) is 6.12. The molecule has 94 valence electrons. The molecule has 5 atom stereocenters. The van der Waals surface area contributed by atoms with Crippen molar-refractivity contribution in [1.29, 1.82) is 0 Å². The Balaban J connectivity index is 2.44. The van der Waals surface area contributed by atoms with Crippen molar-refractivity contribution in [1.82, 2.24) is 0 Å². The molecule has 0 N–H and O–H groups in total. The van der Waals surface area contributed by atoms with Gasteiger partial charge in [0, 0.05) is 0 Å². The van der Waals surface area contributed by atoms with Crippen molar-refractivity contribution >= 4 is 0 Å². The lowest BCUT2D eigenvalue weighted by molar-refractivity contribution is 0.185. The molecule has 2 rings (SSSR count). The molecule has 2 bridgehead atoms. The third-order valence-electron chi connectivity index (χ3n) is 5.19. The number of fused-ring (bicyclic) bond motifs is 3. The third kappa shape index (κ3) is 2.27. The van der Waals surface area contributed by atoms with Crippen molar-refractivity contribution < 1.29 is 0 Å². The minimum absolute atomic E-state index is 0.340. The van der Waals surface area contributed by atoms with E-state index in [0.717, 1.165) is 11.8 Å². The fourth-order valence-electron chi connectivity index (χ4n) is 3.53. The van der Waals surface area contributed by atoms with Crippen molar-refractivity contribution in [2.24, 2.45) is 29.1 Å². The van der Waals surface area contributed by atoms with E-state index < -0.39 is 0 Å². The molecule has 0 aliphatic heterocycles. The number of rotatable bonds is 2. The zero-order valence-electron chi connectivity index (χ0n) is 11.5. The van der Waals surface area contributed by atoms with Gasteiger partial charge in [0.2, 0.25) is 0 Å². The van der Waals surface area contributed by atoms with Crippen molar-refractivity contribution in [2.45, 2.75) is 40.0 Å². The summed E-state index contributed by atoms with van der Waals surface area (Å²) in [6.07, 6.45) is 15.9. The summed E-state index contributed by atoms with van der Waals surface area (Å²) in [4.78, 5) is 0. The number of hydrogen-bond acceptors (Lipinski definition) is 0. The predicted octanol–water partition coefficient (Wildman–Crippen LogP) is 4.99. The third-order valence-corrected chi connectivity index (χ3v) is 5.19. The van der Waals surface area contributed by atoms with E-state index in [2.05, 4.69) is 57.7 Å². The molecule has 0 aromatic heterocycles. The Kier molecular flexibility index (Phi) is 3.61. The van der Waals surface area contributed by atoms with Gasteiger partial charge >= 0.3 is 0 Å². The van der Waals surface area contributed by atoms with Gasteiger partial charge in [-0.1, -0.05) is 51.2 Å².